The van der Waals surface area contributed by atoms with E-state index in [9.17, 15) is 9.59 Å². The number of nitrogens with zero attached hydrogens (tertiary/aromatic N) is 2. The van der Waals surface area contributed by atoms with Crippen LogP contribution in [0.3, 0.4) is 0 Å². The van der Waals surface area contributed by atoms with Crippen molar-refractivity contribution in [1.29, 1.82) is 0 Å². The van der Waals surface area contributed by atoms with Crippen molar-refractivity contribution in [3.63, 3.8) is 0 Å². The number of carbonyl (C=O) groups excluding carboxylic acids is 2. The topological polar surface area (TPSA) is 49.9 Å². The van der Waals surface area contributed by atoms with Crippen molar-refractivity contribution in [3.05, 3.63) is 99.8 Å². The fourth-order valence-electron chi connectivity index (χ4n) is 4.27. The Bertz CT molecular complexity index is 1170. The van der Waals surface area contributed by atoms with E-state index in [-0.39, 0.29) is 24.4 Å². The molecule has 34 heavy (non-hydrogen) atoms. The van der Waals surface area contributed by atoms with Crippen LogP contribution in [0.4, 0.5) is 0 Å². The molecule has 0 N–H and O–H groups in total. The Balaban J connectivity index is 1.53. The molecule has 1 atom stereocenters. The van der Waals surface area contributed by atoms with E-state index < -0.39 is 0 Å². The van der Waals surface area contributed by atoms with Crippen molar-refractivity contribution in [2.75, 3.05) is 26.2 Å². The molecule has 5 nitrogen and oxygen atoms in total. The summed E-state index contributed by atoms with van der Waals surface area (Å²) in [6.07, 6.45) is 2.47. The minimum absolute atomic E-state index is 0.000928. The number of hydrogen-bond acceptors (Lipinski definition) is 4. The summed E-state index contributed by atoms with van der Waals surface area (Å²) < 4.78 is 6.18. The van der Waals surface area contributed by atoms with Crippen molar-refractivity contribution in [2.45, 2.75) is 26.3 Å². The molecule has 0 unspecified atom stereocenters. The van der Waals surface area contributed by atoms with Gasteiger partial charge in [-0.3, -0.25) is 9.59 Å². The highest BCUT2D eigenvalue weighted by molar-refractivity contribution is 7.10. The van der Waals surface area contributed by atoms with Gasteiger partial charge in [-0.05, 0) is 61.0 Å². The molecule has 3 aromatic rings. The van der Waals surface area contributed by atoms with Gasteiger partial charge in [0.05, 0.1) is 6.04 Å². The Morgan fingerprint density at radius 1 is 1.15 bits per heavy atom. The summed E-state index contributed by atoms with van der Waals surface area (Å²) in [5, 5.41) is 2.07. The fourth-order valence-corrected chi connectivity index (χ4v) is 5.20. The maximum absolute atomic E-state index is 13.5. The van der Waals surface area contributed by atoms with Crippen molar-refractivity contribution < 1.29 is 14.3 Å². The van der Waals surface area contributed by atoms with Gasteiger partial charge in [0.1, 0.15) is 18.9 Å². The van der Waals surface area contributed by atoms with E-state index >= 15 is 0 Å². The maximum Gasteiger partial charge on any atom is 0.254 e. The number of amides is 2. The standard InChI is InChI=1S/C28H30N2O3S/c1-4-15-29(28(32)22-11-9-20(2)10-12-22)18-27(31)30-16-13-26-23(14-17-34-26)24(30)19-33-25-8-6-5-7-21(25)3/h4-12,14,17,24H,1,13,15-16,18-19H2,2-3H3/t24-/m0/s1. The maximum atomic E-state index is 13.5. The van der Waals surface area contributed by atoms with Crippen LogP contribution in [0.25, 0.3) is 0 Å². The molecule has 2 amide bonds. The largest absolute Gasteiger partial charge is 0.491 e. The number of para-hydroxylation sites is 1. The SMILES string of the molecule is C=CCN(CC(=O)N1CCc2sccc2[C@@H]1COc1ccccc1C)C(=O)c1ccc(C)cc1. The van der Waals surface area contributed by atoms with E-state index in [0.717, 1.165) is 28.9 Å². The highest BCUT2D eigenvalue weighted by Crippen LogP contribution is 2.34. The van der Waals surface area contributed by atoms with E-state index in [1.165, 1.54) is 4.88 Å². The van der Waals surface area contributed by atoms with Gasteiger partial charge < -0.3 is 14.5 Å². The van der Waals surface area contributed by atoms with E-state index in [2.05, 4.69) is 18.0 Å². The molecule has 1 aromatic heterocycles. The number of fused-ring (bicyclic) bond motifs is 1. The summed E-state index contributed by atoms with van der Waals surface area (Å²) in [5.41, 5.74) is 3.85. The van der Waals surface area contributed by atoms with Crippen LogP contribution >= 0.6 is 11.3 Å². The van der Waals surface area contributed by atoms with E-state index in [0.29, 0.717) is 25.3 Å². The van der Waals surface area contributed by atoms with Crippen molar-refractivity contribution in [1.82, 2.24) is 9.80 Å². The zero-order valence-electron chi connectivity index (χ0n) is 19.7. The Labute approximate surface area is 205 Å². The number of carbonyl (C=O) groups is 2. The smallest absolute Gasteiger partial charge is 0.254 e. The third-order valence-electron chi connectivity index (χ3n) is 6.17. The summed E-state index contributed by atoms with van der Waals surface area (Å²) in [4.78, 5) is 31.4. The molecule has 1 aliphatic heterocycles. The summed E-state index contributed by atoms with van der Waals surface area (Å²) in [5.74, 6) is 0.562. The first-order valence-corrected chi connectivity index (χ1v) is 12.4. The second-order valence-corrected chi connectivity index (χ2v) is 9.57. The number of aryl methyl sites for hydroxylation is 2. The van der Waals surface area contributed by atoms with Crippen LogP contribution in [0.15, 0.2) is 72.6 Å². The minimum Gasteiger partial charge on any atom is -0.491 e. The Morgan fingerprint density at radius 3 is 2.65 bits per heavy atom. The van der Waals surface area contributed by atoms with Crippen LogP contribution < -0.4 is 4.74 Å². The molecular formula is C28H30N2O3S. The second kappa shape index (κ2) is 10.7. The van der Waals surface area contributed by atoms with Gasteiger partial charge in [0.2, 0.25) is 5.91 Å². The average molecular weight is 475 g/mol. The van der Waals surface area contributed by atoms with Crippen molar-refractivity contribution in [2.24, 2.45) is 0 Å². The van der Waals surface area contributed by atoms with Gasteiger partial charge in [-0.1, -0.05) is 42.0 Å². The lowest BCUT2D eigenvalue weighted by Gasteiger charge is -2.37. The van der Waals surface area contributed by atoms with Crippen molar-refractivity contribution in [3.8, 4) is 5.75 Å². The molecule has 0 saturated carbocycles. The minimum atomic E-state index is -0.192. The molecule has 0 spiro atoms. The molecule has 0 fully saturated rings. The van der Waals surface area contributed by atoms with Crippen LogP contribution in [0.1, 0.15) is 38.0 Å². The average Bonchev–Trinajstić information content (AvgIpc) is 3.32. The predicted molar refractivity (Wildman–Crippen MR) is 136 cm³/mol. The van der Waals surface area contributed by atoms with Gasteiger partial charge in [0, 0.05) is 23.5 Å². The summed E-state index contributed by atoms with van der Waals surface area (Å²) in [6, 6.07) is 17.2. The number of rotatable bonds is 8. The van der Waals surface area contributed by atoms with Gasteiger partial charge in [-0.15, -0.1) is 17.9 Å². The summed E-state index contributed by atoms with van der Waals surface area (Å²) in [7, 11) is 0. The number of benzene rings is 2. The Hall–Kier alpha value is -3.38. The van der Waals surface area contributed by atoms with Gasteiger partial charge in [-0.2, -0.15) is 0 Å². The molecule has 4 rings (SSSR count). The van der Waals surface area contributed by atoms with Crippen LogP contribution in [-0.2, 0) is 11.2 Å². The van der Waals surface area contributed by atoms with Crippen LogP contribution in [0.5, 0.6) is 5.75 Å². The zero-order valence-corrected chi connectivity index (χ0v) is 20.5. The first-order valence-electron chi connectivity index (χ1n) is 11.5. The Morgan fingerprint density at radius 2 is 1.91 bits per heavy atom. The molecule has 0 aliphatic carbocycles. The Kier molecular flexibility index (Phi) is 7.48. The van der Waals surface area contributed by atoms with E-state index in [4.69, 9.17) is 4.74 Å². The molecule has 1 aliphatic rings. The number of thiophene rings is 1. The van der Waals surface area contributed by atoms with Gasteiger partial charge in [-0.25, -0.2) is 0 Å². The molecular weight excluding hydrogens is 444 g/mol. The summed E-state index contributed by atoms with van der Waals surface area (Å²) >= 11 is 1.72. The van der Waals surface area contributed by atoms with E-state index in [1.807, 2.05) is 55.1 Å². The predicted octanol–water partition coefficient (Wildman–Crippen LogP) is 5.20. The monoisotopic (exact) mass is 474 g/mol. The number of ether oxygens (including phenoxy) is 1. The highest BCUT2D eigenvalue weighted by atomic mass is 32.1. The molecule has 176 valence electrons. The van der Waals surface area contributed by atoms with Gasteiger partial charge >= 0.3 is 0 Å². The van der Waals surface area contributed by atoms with Crippen LogP contribution in [0, 0.1) is 13.8 Å². The molecule has 0 radical (unpaired) electrons. The third-order valence-corrected chi connectivity index (χ3v) is 7.16. The quantitative estimate of drug-likeness (QED) is 0.422. The third kappa shape index (κ3) is 5.23. The zero-order chi connectivity index (χ0) is 24.1. The molecule has 2 heterocycles. The van der Waals surface area contributed by atoms with E-state index in [1.54, 1.807) is 34.4 Å². The first-order chi connectivity index (χ1) is 16.5. The highest BCUT2D eigenvalue weighted by Gasteiger charge is 2.33. The van der Waals surface area contributed by atoms with Crippen LogP contribution in [-0.4, -0.2) is 47.9 Å². The fraction of sp³-hybridized carbons (Fsp3) is 0.286. The van der Waals surface area contributed by atoms with Crippen molar-refractivity contribution >= 4 is 23.2 Å². The van der Waals surface area contributed by atoms with Gasteiger partial charge in [0.25, 0.3) is 5.91 Å². The van der Waals surface area contributed by atoms with Gasteiger partial charge in [0.15, 0.2) is 0 Å². The molecule has 0 bridgehead atoms. The number of hydrogen-bond donors (Lipinski definition) is 0. The second-order valence-electron chi connectivity index (χ2n) is 8.57. The molecule has 2 aromatic carbocycles. The normalized spacial score (nSPS) is 14.9. The lowest BCUT2D eigenvalue weighted by Crippen LogP contribution is -2.47. The molecule has 6 heteroatoms. The van der Waals surface area contributed by atoms with Crippen LogP contribution in [0.2, 0.25) is 0 Å². The lowest BCUT2D eigenvalue weighted by atomic mass is 10.00. The summed E-state index contributed by atoms with van der Waals surface area (Å²) in [6.45, 7) is 9.05. The lowest BCUT2D eigenvalue weighted by molar-refractivity contribution is -0.135. The molecule has 0 saturated heterocycles. The first kappa shape index (κ1) is 23.8.